The highest BCUT2D eigenvalue weighted by molar-refractivity contribution is 5.94. The molecule has 2 N–H and O–H groups in total. The minimum Gasteiger partial charge on any atom is -0.490 e. The Morgan fingerprint density at radius 3 is 2.49 bits per heavy atom. The Bertz CT molecular complexity index is 1750. The first kappa shape index (κ1) is 31.9. The molecule has 1 amide bonds. The molecular weight excluding hydrogens is 579 g/mol. The van der Waals surface area contributed by atoms with Crippen molar-refractivity contribution in [3.63, 3.8) is 0 Å². The zero-order chi connectivity index (χ0) is 32.6. The number of nitrogens with one attached hydrogen (secondary N) is 1. The second-order valence-electron chi connectivity index (χ2n) is 12.6. The van der Waals surface area contributed by atoms with E-state index in [0.29, 0.717) is 46.9 Å². The van der Waals surface area contributed by atoms with Crippen LogP contribution in [0.2, 0.25) is 0 Å². The number of carbonyl (C=O) groups excluding carboxylic acids is 1. The van der Waals surface area contributed by atoms with E-state index in [-0.39, 0.29) is 23.0 Å². The predicted octanol–water partition coefficient (Wildman–Crippen LogP) is 6.46. The largest absolute Gasteiger partial charge is 0.490 e. The molecule has 1 unspecified atom stereocenters. The van der Waals surface area contributed by atoms with Crippen LogP contribution in [0.4, 0.5) is 10.2 Å². The lowest BCUT2D eigenvalue weighted by atomic mass is 9.91. The lowest BCUT2D eigenvalue weighted by molar-refractivity contribution is -0.160. The zero-order valence-electron chi connectivity index (χ0n) is 26.6. The number of hydrogen-bond donors (Lipinski definition) is 2. The molecule has 1 aliphatic rings. The Hall–Kier alpha value is -4.51. The summed E-state index contributed by atoms with van der Waals surface area (Å²) in [7, 11) is 0. The molecule has 3 heterocycles. The fourth-order valence-corrected chi connectivity index (χ4v) is 5.59. The summed E-state index contributed by atoms with van der Waals surface area (Å²) in [6, 6.07) is 12.0. The van der Waals surface area contributed by atoms with E-state index < -0.39 is 35.5 Å². The van der Waals surface area contributed by atoms with Gasteiger partial charge in [-0.3, -0.25) is 4.79 Å². The van der Waals surface area contributed by atoms with E-state index in [4.69, 9.17) is 14.2 Å². The summed E-state index contributed by atoms with van der Waals surface area (Å²) >= 11 is 0. The van der Waals surface area contributed by atoms with Crippen molar-refractivity contribution in [1.82, 2.24) is 14.6 Å². The Labute approximate surface area is 261 Å². The fraction of sp³-hybridized carbons (Fsp3) is 0.412. The van der Waals surface area contributed by atoms with Crippen LogP contribution in [-0.2, 0) is 20.7 Å². The first-order valence-corrected chi connectivity index (χ1v) is 15.0. The van der Waals surface area contributed by atoms with Gasteiger partial charge in [0.15, 0.2) is 35.2 Å². The minimum atomic E-state index is -1.45. The molecule has 2 atom stereocenters. The lowest BCUT2D eigenvalue weighted by Gasteiger charge is -2.28. The van der Waals surface area contributed by atoms with Gasteiger partial charge in [-0.2, -0.15) is 0 Å². The molecule has 0 saturated carbocycles. The molecule has 1 aliphatic heterocycles. The molecule has 0 fully saturated rings. The summed E-state index contributed by atoms with van der Waals surface area (Å²) in [4.78, 5) is 30.9. The monoisotopic (exact) mass is 618 g/mol. The number of aromatic nitrogens is 3. The predicted molar refractivity (Wildman–Crippen MR) is 167 cm³/mol. The van der Waals surface area contributed by atoms with Crippen molar-refractivity contribution >= 4 is 23.3 Å². The Morgan fingerprint density at radius 1 is 1.13 bits per heavy atom. The molecule has 10 nitrogen and oxygen atoms in total. The fourth-order valence-electron chi connectivity index (χ4n) is 5.59. The SMILES string of the molecule is Cc1nc2cc(NC(=O)C(Oc3ccccc3)C(C)C)nn2c(-c2cc(F)c3c(c2C)CCCO3)c1[C@H](OC(C)(C)C)C(=O)O. The lowest BCUT2D eigenvalue weighted by Crippen LogP contribution is -2.37. The summed E-state index contributed by atoms with van der Waals surface area (Å²) < 4.78 is 34.8. The third-order valence-electron chi connectivity index (χ3n) is 7.60. The maximum absolute atomic E-state index is 15.6. The second-order valence-corrected chi connectivity index (χ2v) is 12.6. The van der Waals surface area contributed by atoms with Gasteiger partial charge in [-0.25, -0.2) is 18.7 Å². The van der Waals surface area contributed by atoms with Crippen LogP contribution >= 0.6 is 0 Å². The second kappa shape index (κ2) is 12.5. The normalized spacial score (nSPS) is 14.5. The van der Waals surface area contributed by atoms with E-state index in [0.717, 1.165) is 12.0 Å². The summed E-state index contributed by atoms with van der Waals surface area (Å²) in [5.41, 5.74) is 2.29. The van der Waals surface area contributed by atoms with Gasteiger partial charge in [0.1, 0.15) is 5.75 Å². The highest BCUT2D eigenvalue weighted by Crippen LogP contribution is 2.41. The number of fused-ring (bicyclic) bond motifs is 2. The highest BCUT2D eigenvalue weighted by atomic mass is 19.1. The van der Waals surface area contributed by atoms with Gasteiger partial charge in [-0.05, 0) is 77.1 Å². The number of anilines is 1. The molecule has 0 bridgehead atoms. The standard InChI is InChI=1S/C34H39FN4O6/c1-18(2)29(44-21-12-9-8-10-13-21)32(40)37-25-17-26-36-20(4)27(31(33(41)42)45-34(5,6)7)28(39(26)38-25)23-16-24(35)30-22(19(23)3)14-11-15-43-30/h8-10,12-13,16-18,29,31H,11,14-15H2,1-7H3,(H,41,42)(H,37,38,40)/t29?,31-/m0/s1. The molecule has 0 saturated heterocycles. The summed E-state index contributed by atoms with van der Waals surface area (Å²) in [5.74, 6) is -1.43. The Kier molecular flexibility index (Phi) is 8.84. The maximum Gasteiger partial charge on any atom is 0.337 e. The van der Waals surface area contributed by atoms with E-state index in [1.807, 2.05) is 39.0 Å². The quantitative estimate of drug-likeness (QED) is 0.219. The number of aryl methyl sites for hydroxylation is 1. The van der Waals surface area contributed by atoms with Crippen molar-refractivity contribution in [2.24, 2.45) is 5.92 Å². The van der Waals surface area contributed by atoms with Gasteiger partial charge in [0.2, 0.25) is 0 Å². The summed E-state index contributed by atoms with van der Waals surface area (Å²) in [6.45, 7) is 13.0. The topological polar surface area (TPSA) is 124 Å². The average Bonchev–Trinajstić information content (AvgIpc) is 3.37. The van der Waals surface area contributed by atoms with E-state index in [9.17, 15) is 14.7 Å². The number of hydrogen-bond acceptors (Lipinski definition) is 7. The third kappa shape index (κ3) is 6.63. The van der Waals surface area contributed by atoms with Crippen molar-refractivity contribution in [3.8, 4) is 22.8 Å². The van der Waals surface area contributed by atoms with Crippen LogP contribution in [0.1, 0.15) is 69.5 Å². The van der Waals surface area contributed by atoms with Gasteiger partial charge >= 0.3 is 5.97 Å². The number of halogens is 1. The average molecular weight is 619 g/mol. The van der Waals surface area contributed by atoms with Crippen molar-refractivity contribution in [3.05, 3.63) is 70.7 Å². The summed E-state index contributed by atoms with van der Waals surface area (Å²) in [5, 5.41) is 17.9. The molecule has 5 rings (SSSR count). The number of para-hydroxylation sites is 1. The smallest absolute Gasteiger partial charge is 0.337 e. The molecule has 45 heavy (non-hydrogen) atoms. The number of carboxylic acids is 1. The number of aliphatic carboxylic acids is 1. The van der Waals surface area contributed by atoms with Gasteiger partial charge in [-0.15, -0.1) is 5.10 Å². The number of nitrogens with zero attached hydrogens (tertiary/aromatic N) is 3. The zero-order valence-corrected chi connectivity index (χ0v) is 26.6. The van der Waals surface area contributed by atoms with Gasteiger partial charge < -0.3 is 24.6 Å². The van der Waals surface area contributed by atoms with Crippen molar-refractivity contribution < 1.29 is 33.3 Å². The van der Waals surface area contributed by atoms with Crippen LogP contribution < -0.4 is 14.8 Å². The minimum absolute atomic E-state index is 0.168. The van der Waals surface area contributed by atoms with E-state index in [1.165, 1.54) is 10.6 Å². The number of amides is 1. The number of carboxylic acid groups (broad SMARTS) is 1. The molecular formula is C34H39FN4O6. The van der Waals surface area contributed by atoms with Crippen LogP contribution in [0.3, 0.4) is 0 Å². The van der Waals surface area contributed by atoms with Crippen LogP contribution in [-0.4, -0.2) is 49.9 Å². The number of benzene rings is 2. The van der Waals surface area contributed by atoms with Crippen LogP contribution in [0.25, 0.3) is 16.9 Å². The van der Waals surface area contributed by atoms with Gasteiger partial charge in [0.25, 0.3) is 5.91 Å². The van der Waals surface area contributed by atoms with Gasteiger partial charge in [0.05, 0.1) is 17.9 Å². The van der Waals surface area contributed by atoms with E-state index in [1.54, 1.807) is 45.9 Å². The Balaban J connectivity index is 1.68. The van der Waals surface area contributed by atoms with Crippen LogP contribution in [0.15, 0.2) is 42.5 Å². The van der Waals surface area contributed by atoms with Crippen molar-refractivity contribution in [1.29, 1.82) is 0 Å². The van der Waals surface area contributed by atoms with E-state index >= 15 is 4.39 Å². The van der Waals surface area contributed by atoms with Gasteiger partial charge in [-0.1, -0.05) is 32.0 Å². The number of rotatable bonds is 9. The van der Waals surface area contributed by atoms with Crippen LogP contribution in [0.5, 0.6) is 11.5 Å². The first-order valence-electron chi connectivity index (χ1n) is 15.0. The first-order chi connectivity index (χ1) is 21.2. The highest BCUT2D eigenvalue weighted by Gasteiger charge is 2.35. The molecule has 0 aliphatic carbocycles. The van der Waals surface area contributed by atoms with Crippen LogP contribution in [0, 0.1) is 25.6 Å². The van der Waals surface area contributed by atoms with Crippen molar-refractivity contribution in [2.45, 2.75) is 79.1 Å². The molecule has 238 valence electrons. The van der Waals surface area contributed by atoms with Crippen molar-refractivity contribution in [2.75, 3.05) is 11.9 Å². The molecule has 0 spiro atoms. The third-order valence-corrected chi connectivity index (χ3v) is 7.60. The van der Waals surface area contributed by atoms with Gasteiger partial charge in [0, 0.05) is 28.5 Å². The van der Waals surface area contributed by atoms with E-state index in [2.05, 4.69) is 15.4 Å². The molecule has 0 radical (unpaired) electrons. The number of carbonyl (C=O) groups is 2. The molecule has 2 aromatic heterocycles. The molecule has 11 heteroatoms. The Morgan fingerprint density at radius 2 is 1.84 bits per heavy atom. The summed E-state index contributed by atoms with van der Waals surface area (Å²) in [6.07, 6.45) is -0.943. The maximum atomic E-state index is 15.6. The molecule has 4 aromatic rings. The number of ether oxygens (including phenoxy) is 3. The molecule has 2 aromatic carbocycles.